The smallest absolute Gasteiger partial charge is 0.191 e. The van der Waals surface area contributed by atoms with Gasteiger partial charge in [-0.05, 0) is 37.5 Å². The van der Waals surface area contributed by atoms with E-state index >= 15 is 0 Å². The minimum Gasteiger partial charge on any atom is -0.354 e. The fourth-order valence-electron chi connectivity index (χ4n) is 4.14. The molecule has 0 radical (unpaired) electrons. The lowest BCUT2D eigenvalue weighted by molar-refractivity contribution is 0.134. The Bertz CT molecular complexity index is 968. The first kappa shape index (κ1) is 21.1. The molecule has 162 valence electrons. The minimum atomic E-state index is 0.403. The molecule has 2 heterocycles. The Balaban J connectivity index is 1.29. The van der Waals surface area contributed by atoms with Gasteiger partial charge < -0.3 is 10.6 Å². The van der Waals surface area contributed by atoms with E-state index in [1.54, 1.807) is 6.33 Å². The molecule has 2 aromatic carbocycles. The molecule has 0 spiro atoms. The number of hydrogen-bond donors (Lipinski definition) is 2. The third kappa shape index (κ3) is 5.49. The highest BCUT2D eigenvalue weighted by atomic mass is 15.3. The zero-order chi connectivity index (χ0) is 21.5. The van der Waals surface area contributed by atoms with E-state index in [1.807, 2.05) is 41.9 Å². The molecule has 0 amide bonds. The fourth-order valence-corrected chi connectivity index (χ4v) is 4.14. The molecule has 7 nitrogen and oxygen atoms in total. The van der Waals surface area contributed by atoms with Crippen LogP contribution >= 0.6 is 0 Å². The Morgan fingerprint density at radius 2 is 1.84 bits per heavy atom. The molecule has 2 unspecified atom stereocenters. The zero-order valence-electron chi connectivity index (χ0n) is 18.3. The number of aliphatic imine (C=N–C) groups is 1. The highest BCUT2D eigenvalue weighted by molar-refractivity contribution is 5.79. The van der Waals surface area contributed by atoms with Crippen molar-refractivity contribution in [3.05, 3.63) is 78.4 Å². The first-order valence-corrected chi connectivity index (χ1v) is 10.9. The molecule has 2 N–H and O–H groups in total. The van der Waals surface area contributed by atoms with E-state index in [-0.39, 0.29) is 0 Å². The summed E-state index contributed by atoms with van der Waals surface area (Å²) in [6, 6.07) is 21.8. The number of guanidine groups is 1. The van der Waals surface area contributed by atoms with Gasteiger partial charge in [-0.15, -0.1) is 10.2 Å². The summed E-state index contributed by atoms with van der Waals surface area (Å²) < 4.78 is 1.99. The largest absolute Gasteiger partial charge is 0.354 e. The molecule has 31 heavy (non-hydrogen) atoms. The van der Waals surface area contributed by atoms with Gasteiger partial charge in [-0.2, -0.15) is 0 Å². The lowest BCUT2D eigenvalue weighted by atomic mass is 9.97. The normalized spacial score (nSPS) is 19.9. The number of nitrogens with one attached hydrogen (secondary N) is 2. The number of nitrogens with zero attached hydrogens (tertiary/aromatic N) is 5. The molecule has 7 heteroatoms. The van der Waals surface area contributed by atoms with Crippen LogP contribution in [0.1, 0.15) is 31.2 Å². The second-order valence-corrected chi connectivity index (χ2v) is 8.05. The van der Waals surface area contributed by atoms with Crippen molar-refractivity contribution in [3.8, 4) is 5.69 Å². The van der Waals surface area contributed by atoms with Crippen molar-refractivity contribution in [2.75, 3.05) is 13.6 Å². The van der Waals surface area contributed by atoms with Gasteiger partial charge in [0, 0.05) is 37.9 Å². The molecular formula is C24H31N7. The van der Waals surface area contributed by atoms with E-state index in [9.17, 15) is 0 Å². The van der Waals surface area contributed by atoms with Gasteiger partial charge in [-0.3, -0.25) is 14.5 Å². The second-order valence-electron chi connectivity index (χ2n) is 8.05. The van der Waals surface area contributed by atoms with Crippen molar-refractivity contribution in [1.82, 2.24) is 30.3 Å². The molecule has 0 bridgehead atoms. The number of para-hydroxylation sites is 1. The van der Waals surface area contributed by atoms with Gasteiger partial charge >= 0.3 is 0 Å². The molecule has 4 rings (SSSR count). The third-order valence-corrected chi connectivity index (χ3v) is 5.87. The summed E-state index contributed by atoms with van der Waals surface area (Å²) in [5, 5.41) is 15.3. The molecule has 0 aliphatic carbocycles. The number of rotatable bonds is 6. The van der Waals surface area contributed by atoms with Crippen LogP contribution in [0, 0.1) is 0 Å². The van der Waals surface area contributed by atoms with Crippen LogP contribution in [0.25, 0.3) is 5.69 Å². The minimum absolute atomic E-state index is 0.403. The number of piperidine rings is 1. The molecule has 1 aromatic heterocycles. The van der Waals surface area contributed by atoms with Gasteiger partial charge in [0.1, 0.15) is 6.33 Å². The molecule has 3 aromatic rings. The Morgan fingerprint density at radius 3 is 2.55 bits per heavy atom. The lowest BCUT2D eigenvalue weighted by Crippen LogP contribution is -2.51. The molecule has 1 aliphatic rings. The van der Waals surface area contributed by atoms with Crippen molar-refractivity contribution in [1.29, 1.82) is 0 Å². The van der Waals surface area contributed by atoms with Gasteiger partial charge in [0.25, 0.3) is 0 Å². The van der Waals surface area contributed by atoms with Crippen molar-refractivity contribution in [2.24, 2.45) is 4.99 Å². The van der Waals surface area contributed by atoms with Crippen molar-refractivity contribution in [2.45, 2.75) is 44.9 Å². The van der Waals surface area contributed by atoms with Gasteiger partial charge in [-0.1, -0.05) is 48.5 Å². The predicted octanol–water partition coefficient (Wildman–Crippen LogP) is 2.99. The van der Waals surface area contributed by atoms with Crippen LogP contribution in [-0.4, -0.2) is 51.3 Å². The van der Waals surface area contributed by atoms with Crippen LogP contribution in [0.3, 0.4) is 0 Å². The zero-order valence-corrected chi connectivity index (χ0v) is 18.3. The van der Waals surface area contributed by atoms with E-state index in [4.69, 9.17) is 0 Å². The first-order valence-electron chi connectivity index (χ1n) is 10.9. The summed E-state index contributed by atoms with van der Waals surface area (Å²) in [5.41, 5.74) is 2.42. The molecular weight excluding hydrogens is 386 g/mol. The molecule has 1 fully saturated rings. The fraction of sp³-hybridized carbons (Fsp3) is 0.375. The van der Waals surface area contributed by atoms with Crippen molar-refractivity contribution in [3.63, 3.8) is 0 Å². The maximum Gasteiger partial charge on any atom is 0.191 e. The van der Waals surface area contributed by atoms with Gasteiger partial charge in [0.2, 0.25) is 0 Å². The number of benzene rings is 2. The molecule has 0 saturated carbocycles. The van der Waals surface area contributed by atoms with Crippen LogP contribution in [0.4, 0.5) is 0 Å². The highest BCUT2D eigenvalue weighted by Gasteiger charge is 2.26. The van der Waals surface area contributed by atoms with Crippen LogP contribution in [0.15, 0.2) is 72.0 Å². The summed E-state index contributed by atoms with van der Waals surface area (Å²) in [5.74, 6) is 1.65. The highest BCUT2D eigenvalue weighted by Crippen LogP contribution is 2.20. The molecule has 2 atom stereocenters. The van der Waals surface area contributed by atoms with Gasteiger partial charge in [0.05, 0.1) is 6.54 Å². The summed E-state index contributed by atoms with van der Waals surface area (Å²) in [6.45, 7) is 4.95. The monoisotopic (exact) mass is 417 g/mol. The van der Waals surface area contributed by atoms with Crippen LogP contribution < -0.4 is 10.6 Å². The first-order chi connectivity index (χ1) is 15.2. The second kappa shape index (κ2) is 10.2. The molecule has 1 saturated heterocycles. The lowest BCUT2D eigenvalue weighted by Gasteiger charge is -2.38. The third-order valence-electron chi connectivity index (χ3n) is 5.87. The van der Waals surface area contributed by atoms with Crippen LogP contribution in [-0.2, 0) is 13.1 Å². The maximum absolute atomic E-state index is 4.42. The average molecular weight is 418 g/mol. The summed E-state index contributed by atoms with van der Waals surface area (Å²) >= 11 is 0. The van der Waals surface area contributed by atoms with E-state index in [1.165, 1.54) is 5.56 Å². The Hall–Kier alpha value is -3.19. The van der Waals surface area contributed by atoms with E-state index in [0.717, 1.165) is 43.4 Å². The Labute approximate surface area is 184 Å². The van der Waals surface area contributed by atoms with E-state index < -0.39 is 0 Å². The summed E-state index contributed by atoms with van der Waals surface area (Å²) in [6.07, 6.45) is 3.93. The summed E-state index contributed by atoms with van der Waals surface area (Å²) in [7, 11) is 1.81. The average Bonchev–Trinajstić information content (AvgIpc) is 3.28. The van der Waals surface area contributed by atoms with Gasteiger partial charge in [-0.25, -0.2) is 0 Å². The number of hydrogen-bond acceptors (Lipinski definition) is 4. The Kier molecular flexibility index (Phi) is 6.94. The quantitative estimate of drug-likeness (QED) is 0.477. The number of likely N-dealkylation sites (tertiary alicyclic amines) is 1. The Morgan fingerprint density at radius 1 is 1.10 bits per heavy atom. The van der Waals surface area contributed by atoms with E-state index in [0.29, 0.717) is 18.6 Å². The SMILES string of the molecule is CN=C(NCc1nncn1-c1ccccc1)NC1CCN(Cc2ccccc2)C(C)C1. The van der Waals surface area contributed by atoms with E-state index in [2.05, 4.69) is 68.0 Å². The predicted molar refractivity (Wildman–Crippen MR) is 124 cm³/mol. The standard InChI is InChI=1S/C24H31N7/c1-19-15-21(13-14-30(19)17-20-9-5-3-6-10-20)28-24(25-2)26-16-23-29-27-18-31(23)22-11-7-4-8-12-22/h3-12,18-19,21H,13-17H2,1-2H3,(H2,25,26,28). The van der Waals surface area contributed by atoms with Gasteiger partial charge in [0.15, 0.2) is 11.8 Å². The van der Waals surface area contributed by atoms with Crippen molar-refractivity contribution < 1.29 is 0 Å². The van der Waals surface area contributed by atoms with Crippen molar-refractivity contribution >= 4 is 5.96 Å². The molecule has 1 aliphatic heterocycles. The topological polar surface area (TPSA) is 70.4 Å². The summed E-state index contributed by atoms with van der Waals surface area (Å²) in [4.78, 5) is 6.98. The maximum atomic E-state index is 4.42. The van der Waals surface area contributed by atoms with Crippen LogP contribution in [0.2, 0.25) is 0 Å². The number of aromatic nitrogens is 3. The van der Waals surface area contributed by atoms with Crippen LogP contribution in [0.5, 0.6) is 0 Å².